The zero-order valence-corrected chi connectivity index (χ0v) is 10.4. The van der Waals surface area contributed by atoms with Crippen LogP contribution < -0.4 is 5.32 Å². The van der Waals surface area contributed by atoms with Crippen LogP contribution in [-0.2, 0) is 14.2 Å². The van der Waals surface area contributed by atoms with E-state index in [1.807, 2.05) is 0 Å². The minimum Gasteiger partial charge on any atom is -0.480 e. The number of hydrogen-bond acceptors (Lipinski definition) is 5. The van der Waals surface area contributed by atoms with Crippen LogP contribution in [0.15, 0.2) is 0 Å². The lowest BCUT2D eigenvalue weighted by molar-refractivity contribution is -0.138. The molecule has 0 amide bonds. The number of carboxylic acids is 2. The third-order valence-electron chi connectivity index (χ3n) is 1.16. The molecule has 102 valence electrons. The number of likely N-dealkylation sites (N-methyl/N-ethyl adjacent to an activating group) is 2. The fourth-order valence-corrected chi connectivity index (χ4v) is 1.48. The third kappa shape index (κ3) is 21.0. The Kier molecular flexibility index (Phi) is 9.82. The number of carbonyl (C=O) groups is 2. The van der Waals surface area contributed by atoms with Gasteiger partial charge >= 0.3 is 19.5 Å². The van der Waals surface area contributed by atoms with Gasteiger partial charge in [-0.15, -0.1) is 0 Å². The number of carboxylic acid groups (broad SMARTS) is 2. The fourth-order valence-electron chi connectivity index (χ4n) is 0.747. The predicted molar refractivity (Wildman–Crippen MR) is 58.7 cm³/mol. The van der Waals surface area contributed by atoms with Gasteiger partial charge in [-0.2, -0.15) is 0 Å². The van der Waals surface area contributed by atoms with Crippen molar-refractivity contribution in [3.8, 4) is 0 Å². The molecular weight excluding hydrogens is 255 g/mol. The first-order chi connectivity index (χ1) is 7.58. The SMILES string of the molecule is CN(CC(=O)O)CP(=O)(O)O.CNCC(=O)O. The third-order valence-corrected chi connectivity index (χ3v) is 2.01. The number of nitrogens with zero attached hydrogens (tertiary/aromatic N) is 1. The Hall–Kier alpha value is -0.990. The van der Waals surface area contributed by atoms with E-state index in [-0.39, 0.29) is 13.1 Å². The molecular formula is C7H17N2O7P. The van der Waals surface area contributed by atoms with Crippen molar-refractivity contribution in [1.29, 1.82) is 0 Å². The highest BCUT2D eigenvalue weighted by molar-refractivity contribution is 7.51. The average Bonchev–Trinajstić information content (AvgIpc) is 1.97. The molecule has 0 aromatic rings. The first-order valence-electron chi connectivity index (χ1n) is 4.39. The van der Waals surface area contributed by atoms with Gasteiger partial charge in [0.05, 0.1) is 13.1 Å². The highest BCUT2D eigenvalue weighted by atomic mass is 31.2. The topological polar surface area (TPSA) is 147 Å². The first kappa shape index (κ1) is 18.4. The minimum absolute atomic E-state index is 0.0417. The number of aliphatic carboxylic acids is 2. The van der Waals surface area contributed by atoms with Crippen LogP contribution in [0.2, 0.25) is 0 Å². The maximum atomic E-state index is 10.3. The Balaban J connectivity index is 0. The Morgan fingerprint density at radius 3 is 1.88 bits per heavy atom. The monoisotopic (exact) mass is 272 g/mol. The van der Waals surface area contributed by atoms with Gasteiger partial charge < -0.3 is 25.3 Å². The maximum absolute atomic E-state index is 10.3. The number of nitrogens with one attached hydrogen (secondary N) is 1. The molecule has 9 nitrogen and oxygen atoms in total. The Bertz CT molecular complexity index is 290. The van der Waals surface area contributed by atoms with E-state index in [1.54, 1.807) is 7.05 Å². The summed E-state index contributed by atoms with van der Waals surface area (Å²) in [4.78, 5) is 37.3. The average molecular weight is 272 g/mol. The van der Waals surface area contributed by atoms with E-state index in [9.17, 15) is 14.2 Å². The lowest BCUT2D eigenvalue weighted by Crippen LogP contribution is -2.26. The van der Waals surface area contributed by atoms with E-state index < -0.39 is 25.8 Å². The summed E-state index contributed by atoms with van der Waals surface area (Å²) in [6.45, 7) is -0.328. The molecule has 0 rings (SSSR count). The molecule has 0 unspecified atom stereocenters. The first-order valence-corrected chi connectivity index (χ1v) is 6.19. The maximum Gasteiger partial charge on any atom is 0.339 e. The summed E-state index contributed by atoms with van der Waals surface area (Å²) in [7, 11) is -1.20. The molecule has 0 aromatic carbocycles. The van der Waals surface area contributed by atoms with Crippen molar-refractivity contribution in [3.05, 3.63) is 0 Å². The van der Waals surface area contributed by atoms with Gasteiger partial charge in [-0.25, -0.2) is 0 Å². The summed E-state index contributed by atoms with van der Waals surface area (Å²) in [5.41, 5.74) is 0. The van der Waals surface area contributed by atoms with E-state index in [2.05, 4.69) is 5.32 Å². The van der Waals surface area contributed by atoms with Crippen molar-refractivity contribution < 1.29 is 34.2 Å². The minimum atomic E-state index is -4.12. The van der Waals surface area contributed by atoms with E-state index in [1.165, 1.54) is 7.05 Å². The van der Waals surface area contributed by atoms with Crippen LogP contribution in [0.25, 0.3) is 0 Å². The Labute approximate surface area is 98.2 Å². The zero-order chi connectivity index (χ0) is 14.1. The van der Waals surface area contributed by atoms with Crippen LogP contribution in [-0.4, -0.2) is 70.3 Å². The molecule has 0 spiro atoms. The van der Waals surface area contributed by atoms with Crippen molar-refractivity contribution >= 4 is 19.5 Å². The lowest BCUT2D eigenvalue weighted by atomic mass is 10.6. The normalized spacial score (nSPS) is 10.6. The molecule has 0 aliphatic heterocycles. The molecule has 0 saturated heterocycles. The van der Waals surface area contributed by atoms with Gasteiger partial charge in [-0.05, 0) is 14.1 Å². The smallest absolute Gasteiger partial charge is 0.339 e. The van der Waals surface area contributed by atoms with Crippen molar-refractivity contribution in [2.45, 2.75) is 0 Å². The Morgan fingerprint density at radius 2 is 1.71 bits per heavy atom. The van der Waals surface area contributed by atoms with E-state index >= 15 is 0 Å². The molecule has 0 aromatic heterocycles. The van der Waals surface area contributed by atoms with Gasteiger partial charge in [-0.3, -0.25) is 19.1 Å². The molecule has 0 aliphatic carbocycles. The molecule has 0 bridgehead atoms. The zero-order valence-electron chi connectivity index (χ0n) is 9.53. The van der Waals surface area contributed by atoms with Crippen LogP contribution in [0.1, 0.15) is 0 Å². The van der Waals surface area contributed by atoms with E-state index in [4.69, 9.17) is 20.0 Å². The molecule has 0 aliphatic rings. The summed E-state index contributed by atoms with van der Waals surface area (Å²) >= 11 is 0. The quantitative estimate of drug-likeness (QED) is 0.361. The van der Waals surface area contributed by atoms with Crippen LogP contribution in [0, 0.1) is 0 Å². The molecule has 0 atom stereocenters. The number of hydrogen-bond donors (Lipinski definition) is 5. The van der Waals surface area contributed by atoms with Gasteiger partial charge in [0.25, 0.3) is 0 Å². The highest BCUT2D eigenvalue weighted by Gasteiger charge is 2.17. The second-order valence-electron chi connectivity index (χ2n) is 3.14. The number of rotatable bonds is 6. The summed E-state index contributed by atoms with van der Waals surface area (Å²) in [6.07, 6.45) is -0.528. The van der Waals surface area contributed by atoms with Crippen molar-refractivity contribution in [2.75, 3.05) is 33.5 Å². The fraction of sp³-hybridized carbons (Fsp3) is 0.714. The van der Waals surface area contributed by atoms with E-state index in [0.717, 1.165) is 4.90 Å². The molecule has 0 saturated carbocycles. The summed E-state index contributed by atoms with van der Waals surface area (Å²) in [6, 6.07) is 0. The van der Waals surface area contributed by atoms with Gasteiger partial charge in [0, 0.05) is 0 Å². The second kappa shape index (κ2) is 9.08. The predicted octanol–water partition coefficient (Wildman–Crippen LogP) is -1.57. The van der Waals surface area contributed by atoms with E-state index in [0.29, 0.717) is 0 Å². The summed E-state index contributed by atoms with van der Waals surface area (Å²) in [5, 5.41) is 18.5. The molecule has 5 N–H and O–H groups in total. The van der Waals surface area contributed by atoms with Crippen LogP contribution in [0.4, 0.5) is 0 Å². The van der Waals surface area contributed by atoms with Gasteiger partial charge in [0.15, 0.2) is 0 Å². The van der Waals surface area contributed by atoms with Crippen molar-refractivity contribution in [1.82, 2.24) is 10.2 Å². The van der Waals surface area contributed by atoms with Gasteiger partial charge in [-0.1, -0.05) is 0 Å². The van der Waals surface area contributed by atoms with Crippen molar-refractivity contribution in [2.24, 2.45) is 0 Å². The van der Waals surface area contributed by atoms with Crippen LogP contribution in [0.5, 0.6) is 0 Å². The molecule has 0 heterocycles. The largest absolute Gasteiger partial charge is 0.480 e. The van der Waals surface area contributed by atoms with Crippen LogP contribution in [0.3, 0.4) is 0 Å². The van der Waals surface area contributed by atoms with Gasteiger partial charge in [0.2, 0.25) is 0 Å². The van der Waals surface area contributed by atoms with Crippen molar-refractivity contribution in [3.63, 3.8) is 0 Å². The molecule has 0 radical (unpaired) electrons. The highest BCUT2D eigenvalue weighted by Crippen LogP contribution is 2.34. The standard InChI is InChI=1S/C4H10NO5P.C3H7NO2/c1-5(2-4(6)7)3-11(8,9)10;1-4-2-3(5)6/h2-3H2,1H3,(H,6,7)(H2,8,9,10);4H,2H2,1H3,(H,5,6). The second-order valence-corrected chi connectivity index (χ2v) is 4.75. The summed E-state index contributed by atoms with van der Waals surface area (Å²) in [5.74, 6) is -1.93. The Morgan fingerprint density at radius 1 is 1.24 bits per heavy atom. The molecule has 10 heteroatoms. The van der Waals surface area contributed by atoms with Gasteiger partial charge in [0.1, 0.15) is 6.29 Å². The lowest BCUT2D eigenvalue weighted by Gasteiger charge is -2.13. The molecule has 17 heavy (non-hydrogen) atoms. The van der Waals surface area contributed by atoms with Crippen LogP contribution >= 0.6 is 7.60 Å². The summed E-state index contributed by atoms with van der Waals surface area (Å²) < 4.78 is 10.3. The molecule has 0 fully saturated rings.